The number of hydrogen-bond donors (Lipinski definition) is 2. The van der Waals surface area contributed by atoms with Crippen LogP contribution in [-0.2, 0) is 4.74 Å². The molecule has 0 aliphatic carbocycles. The molecule has 1 rings (SSSR count). The molecule has 0 aromatic heterocycles. The van der Waals surface area contributed by atoms with Crippen molar-refractivity contribution >= 4 is 5.96 Å². The van der Waals surface area contributed by atoms with Crippen LogP contribution >= 0.6 is 0 Å². The van der Waals surface area contributed by atoms with Gasteiger partial charge >= 0.3 is 0 Å². The van der Waals surface area contributed by atoms with Crippen molar-refractivity contribution in [3.8, 4) is 0 Å². The van der Waals surface area contributed by atoms with Gasteiger partial charge in [-0.2, -0.15) is 0 Å². The van der Waals surface area contributed by atoms with Gasteiger partial charge in [-0.25, -0.2) is 0 Å². The molecule has 0 amide bonds. The summed E-state index contributed by atoms with van der Waals surface area (Å²) in [7, 11) is 4.00. The predicted molar refractivity (Wildman–Crippen MR) is 98.2 cm³/mol. The number of hydrogen-bond acceptors (Lipinski definition) is 4. The number of nitrogens with one attached hydrogen (secondary N) is 2. The lowest BCUT2D eigenvalue weighted by atomic mass is 10.0. The molecule has 1 unspecified atom stereocenters. The van der Waals surface area contributed by atoms with Crippen LogP contribution in [0.25, 0.3) is 0 Å². The quantitative estimate of drug-likeness (QED) is 0.514. The Morgan fingerprint density at radius 1 is 1.30 bits per heavy atom. The molecule has 1 heterocycles. The van der Waals surface area contributed by atoms with Gasteiger partial charge in [0.25, 0.3) is 0 Å². The minimum absolute atomic E-state index is 0.0922. The van der Waals surface area contributed by atoms with Crippen molar-refractivity contribution in [2.24, 2.45) is 4.99 Å². The lowest BCUT2D eigenvalue weighted by molar-refractivity contribution is -0.00834. The van der Waals surface area contributed by atoms with E-state index in [2.05, 4.69) is 60.2 Å². The van der Waals surface area contributed by atoms with E-state index < -0.39 is 0 Å². The van der Waals surface area contributed by atoms with Gasteiger partial charge in [0.2, 0.25) is 0 Å². The molecular weight excluding hydrogens is 290 g/mol. The van der Waals surface area contributed by atoms with E-state index in [-0.39, 0.29) is 5.54 Å². The van der Waals surface area contributed by atoms with Crippen LogP contribution in [0, 0.1) is 0 Å². The van der Waals surface area contributed by atoms with Crippen LogP contribution in [0.15, 0.2) is 4.99 Å². The van der Waals surface area contributed by atoms with E-state index in [0.29, 0.717) is 6.04 Å². The van der Waals surface area contributed by atoms with Crippen LogP contribution in [0.2, 0.25) is 0 Å². The zero-order valence-electron chi connectivity index (χ0n) is 16.0. The van der Waals surface area contributed by atoms with Crippen molar-refractivity contribution in [3.05, 3.63) is 0 Å². The van der Waals surface area contributed by atoms with Crippen molar-refractivity contribution in [2.75, 3.05) is 60.0 Å². The lowest BCUT2D eigenvalue weighted by Gasteiger charge is -2.41. The summed E-state index contributed by atoms with van der Waals surface area (Å²) >= 11 is 0. The average molecular weight is 328 g/mol. The molecule has 0 bridgehead atoms. The van der Waals surface area contributed by atoms with Crippen LogP contribution in [0.3, 0.4) is 0 Å². The van der Waals surface area contributed by atoms with E-state index in [1.165, 1.54) is 6.42 Å². The second-order valence-corrected chi connectivity index (χ2v) is 7.00. The van der Waals surface area contributed by atoms with Crippen LogP contribution in [0.4, 0.5) is 0 Å². The molecule has 0 aromatic rings. The molecule has 0 saturated carbocycles. The largest absolute Gasteiger partial charge is 0.379 e. The summed E-state index contributed by atoms with van der Waals surface area (Å²) in [6, 6.07) is 0.618. The third kappa shape index (κ3) is 7.06. The average Bonchev–Trinajstić information content (AvgIpc) is 2.57. The number of rotatable bonds is 8. The molecule has 2 N–H and O–H groups in total. The van der Waals surface area contributed by atoms with Crippen LogP contribution < -0.4 is 10.6 Å². The highest BCUT2D eigenvalue weighted by Crippen LogP contribution is 2.14. The van der Waals surface area contributed by atoms with Crippen molar-refractivity contribution in [1.29, 1.82) is 0 Å². The third-order valence-corrected chi connectivity index (χ3v) is 4.88. The Balaban J connectivity index is 2.33. The molecule has 0 spiro atoms. The Morgan fingerprint density at radius 3 is 2.52 bits per heavy atom. The summed E-state index contributed by atoms with van der Waals surface area (Å²) in [6.45, 7) is 15.5. The first-order chi connectivity index (χ1) is 10.9. The Bertz CT molecular complexity index is 353. The first kappa shape index (κ1) is 20.2. The monoisotopic (exact) mass is 327 g/mol. The zero-order chi connectivity index (χ0) is 17.3. The molecule has 1 aliphatic rings. The van der Waals surface area contributed by atoms with Gasteiger partial charge in [-0.15, -0.1) is 0 Å². The van der Waals surface area contributed by atoms with Gasteiger partial charge in [-0.3, -0.25) is 9.89 Å². The molecular formula is C17H37N5O. The second kappa shape index (κ2) is 10.1. The fourth-order valence-corrected chi connectivity index (χ4v) is 2.68. The van der Waals surface area contributed by atoms with E-state index in [4.69, 9.17) is 4.74 Å². The molecule has 1 fully saturated rings. The molecule has 0 aromatic carbocycles. The zero-order valence-corrected chi connectivity index (χ0v) is 16.0. The Kier molecular flexibility index (Phi) is 8.87. The summed E-state index contributed by atoms with van der Waals surface area (Å²) in [6.07, 6.45) is 1.18. The van der Waals surface area contributed by atoms with E-state index in [0.717, 1.165) is 51.9 Å². The van der Waals surface area contributed by atoms with Crippen molar-refractivity contribution < 1.29 is 4.74 Å². The molecule has 136 valence electrons. The lowest BCUT2D eigenvalue weighted by Crippen LogP contribution is -2.56. The van der Waals surface area contributed by atoms with Gasteiger partial charge in [-0.1, -0.05) is 6.92 Å². The van der Waals surface area contributed by atoms with E-state index in [1.807, 2.05) is 7.05 Å². The van der Waals surface area contributed by atoms with Crippen LogP contribution in [0.1, 0.15) is 34.1 Å². The Hall–Kier alpha value is -0.850. The minimum atomic E-state index is 0.0922. The van der Waals surface area contributed by atoms with Gasteiger partial charge in [-0.05, 0) is 34.2 Å². The summed E-state index contributed by atoms with van der Waals surface area (Å²) in [5.41, 5.74) is 0.0922. The number of likely N-dealkylation sites (N-methyl/N-ethyl adjacent to an activating group) is 1. The smallest absolute Gasteiger partial charge is 0.191 e. The summed E-state index contributed by atoms with van der Waals surface area (Å²) in [5, 5.41) is 6.87. The maximum absolute atomic E-state index is 5.44. The molecule has 1 aliphatic heterocycles. The van der Waals surface area contributed by atoms with Gasteiger partial charge in [0.15, 0.2) is 5.96 Å². The van der Waals surface area contributed by atoms with Crippen LogP contribution in [0.5, 0.6) is 0 Å². The van der Waals surface area contributed by atoms with Gasteiger partial charge in [0, 0.05) is 51.4 Å². The second-order valence-electron chi connectivity index (χ2n) is 7.00. The topological polar surface area (TPSA) is 52.1 Å². The summed E-state index contributed by atoms with van der Waals surface area (Å²) < 4.78 is 5.44. The normalized spacial score (nSPS) is 19.0. The summed E-state index contributed by atoms with van der Waals surface area (Å²) in [5.74, 6) is 0.879. The fourth-order valence-electron chi connectivity index (χ4n) is 2.68. The Morgan fingerprint density at radius 2 is 1.96 bits per heavy atom. The Labute approximate surface area is 142 Å². The summed E-state index contributed by atoms with van der Waals surface area (Å²) in [4.78, 5) is 9.18. The number of ether oxygens (including phenoxy) is 1. The number of nitrogens with zero attached hydrogens (tertiary/aromatic N) is 3. The number of guanidine groups is 1. The van der Waals surface area contributed by atoms with E-state index in [9.17, 15) is 0 Å². The van der Waals surface area contributed by atoms with Gasteiger partial charge in [0.05, 0.1) is 13.2 Å². The van der Waals surface area contributed by atoms with Gasteiger partial charge in [0.1, 0.15) is 0 Å². The van der Waals surface area contributed by atoms with Crippen molar-refractivity contribution in [1.82, 2.24) is 20.4 Å². The first-order valence-electron chi connectivity index (χ1n) is 8.88. The standard InChI is InChI=1S/C17H37N5O/c1-7-15(2)21(6)9-8-19-16(18-5)20-14-17(3,4)22-10-12-23-13-11-22/h15H,7-14H2,1-6H3,(H2,18,19,20). The molecule has 6 nitrogen and oxygen atoms in total. The number of aliphatic imine (C=N–C) groups is 1. The van der Waals surface area contributed by atoms with Crippen LogP contribution in [-0.4, -0.2) is 87.4 Å². The molecule has 0 radical (unpaired) electrons. The highest BCUT2D eigenvalue weighted by Gasteiger charge is 2.28. The van der Waals surface area contributed by atoms with E-state index >= 15 is 0 Å². The minimum Gasteiger partial charge on any atom is -0.379 e. The van der Waals surface area contributed by atoms with Crippen molar-refractivity contribution in [2.45, 2.75) is 45.7 Å². The highest BCUT2D eigenvalue weighted by atomic mass is 16.5. The maximum Gasteiger partial charge on any atom is 0.191 e. The number of morpholine rings is 1. The molecule has 6 heteroatoms. The molecule has 1 atom stereocenters. The molecule has 23 heavy (non-hydrogen) atoms. The molecule has 1 saturated heterocycles. The first-order valence-corrected chi connectivity index (χ1v) is 8.88. The van der Waals surface area contributed by atoms with Crippen molar-refractivity contribution in [3.63, 3.8) is 0 Å². The predicted octanol–water partition coefficient (Wildman–Crippen LogP) is 0.993. The third-order valence-electron chi connectivity index (χ3n) is 4.88. The maximum atomic E-state index is 5.44. The fraction of sp³-hybridized carbons (Fsp3) is 0.941. The van der Waals surface area contributed by atoms with E-state index in [1.54, 1.807) is 0 Å². The highest BCUT2D eigenvalue weighted by molar-refractivity contribution is 5.79. The van der Waals surface area contributed by atoms with Gasteiger partial charge < -0.3 is 20.3 Å². The SMILES string of the molecule is CCC(C)N(C)CCNC(=NC)NCC(C)(C)N1CCOCC1.